The van der Waals surface area contributed by atoms with Crippen LogP contribution in [0.25, 0.3) is 0 Å². The molecule has 0 aliphatic heterocycles. The number of nitrogens with two attached hydrogens (primary N) is 1. The molecule has 0 aromatic rings. The summed E-state index contributed by atoms with van der Waals surface area (Å²) in [5, 5.41) is 17.1. The van der Waals surface area contributed by atoms with E-state index in [9.17, 15) is 5.11 Å². The predicted octanol–water partition coefficient (Wildman–Crippen LogP) is 4.62. The van der Waals surface area contributed by atoms with Crippen molar-refractivity contribution in [1.29, 1.82) is 0 Å². The van der Waals surface area contributed by atoms with E-state index in [0.29, 0.717) is 19.7 Å². The maximum atomic E-state index is 10.3. The zero-order valence-electron chi connectivity index (χ0n) is 26.8. The Balaban J connectivity index is 5.05. The molecule has 38 heavy (non-hydrogen) atoms. The highest BCUT2D eigenvalue weighted by Gasteiger charge is 2.48. The summed E-state index contributed by atoms with van der Waals surface area (Å²) in [6.45, 7) is 29.7. The van der Waals surface area contributed by atoms with Gasteiger partial charge in [0.05, 0.1) is 6.61 Å². The Morgan fingerprint density at radius 1 is 0.711 bits per heavy atom. The molecule has 0 aliphatic rings. The van der Waals surface area contributed by atoms with E-state index in [0.717, 1.165) is 51.0 Å². The molecule has 14 heteroatoms. The van der Waals surface area contributed by atoms with Crippen LogP contribution in [0.4, 0.5) is 0 Å². The Bertz CT molecular complexity index is 652. The van der Waals surface area contributed by atoms with Gasteiger partial charge < -0.3 is 42.7 Å². The lowest BCUT2D eigenvalue weighted by Crippen LogP contribution is -2.60. The first-order valence-electron chi connectivity index (χ1n) is 14.4. The first-order valence-corrected chi connectivity index (χ1v) is 29.1. The Hall–Kier alpha value is 0.724. The lowest BCUT2D eigenvalue weighted by Gasteiger charge is -2.44. The molecule has 0 spiro atoms. The van der Waals surface area contributed by atoms with Gasteiger partial charge in [0.25, 0.3) is 0 Å². The van der Waals surface area contributed by atoms with Gasteiger partial charge in [-0.1, -0.05) is 13.3 Å². The summed E-state index contributed by atoms with van der Waals surface area (Å²) < 4.78 is 32.6. The smallest absolute Gasteiger partial charge is 0.317 e. The van der Waals surface area contributed by atoms with Crippen LogP contribution in [0.5, 0.6) is 0 Å². The van der Waals surface area contributed by atoms with Gasteiger partial charge in [-0.2, -0.15) is 0 Å². The second-order valence-corrected chi connectivity index (χ2v) is 33.3. The van der Waals surface area contributed by atoms with Crippen LogP contribution < -0.4 is 16.4 Å². The monoisotopic (exact) mass is 629 g/mol. The van der Waals surface area contributed by atoms with Crippen molar-refractivity contribution < 1.29 is 26.3 Å². The number of hydrogen-bond donors (Lipinski definition) is 4. The molecule has 0 saturated carbocycles. The molecule has 0 aromatic heterocycles. The van der Waals surface area contributed by atoms with Gasteiger partial charge in [-0.25, -0.2) is 0 Å². The van der Waals surface area contributed by atoms with E-state index in [2.05, 4.69) is 83.0 Å². The van der Waals surface area contributed by atoms with Crippen LogP contribution in [0, 0.1) is 0 Å². The van der Waals surface area contributed by atoms with E-state index in [1.807, 2.05) is 0 Å². The molecule has 3 atom stereocenters. The number of hydrogen-bond acceptors (Lipinski definition) is 9. The minimum Gasteiger partial charge on any atom is -0.437 e. The fourth-order valence-corrected chi connectivity index (χ4v) is 28.0. The van der Waals surface area contributed by atoms with Crippen LogP contribution in [0.2, 0.25) is 77.6 Å². The third kappa shape index (κ3) is 20.6. The lowest BCUT2D eigenvalue weighted by atomic mass is 10.3. The Labute approximate surface area is 240 Å². The Morgan fingerprint density at radius 3 is 1.79 bits per heavy atom. The molecular formula is C24H63N3O6Si5. The average Bonchev–Trinajstić information content (AvgIpc) is 2.65. The maximum Gasteiger partial charge on any atom is 0.317 e. The van der Waals surface area contributed by atoms with Crippen molar-refractivity contribution in [3.63, 3.8) is 0 Å². The molecule has 0 aromatic carbocycles. The second kappa shape index (κ2) is 17.0. The van der Waals surface area contributed by atoms with Gasteiger partial charge >= 0.3 is 25.7 Å². The molecule has 5 N–H and O–H groups in total. The number of nitrogens with one attached hydrogen (secondary N) is 2. The summed E-state index contributed by atoms with van der Waals surface area (Å²) in [7, 11) is -11.1. The fraction of sp³-hybridized carbons (Fsp3) is 1.00. The van der Waals surface area contributed by atoms with Crippen LogP contribution in [0.1, 0.15) is 33.1 Å². The summed E-state index contributed by atoms with van der Waals surface area (Å²) >= 11 is 0. The molecule has 0 aliphatic carbocycles. The van der Waals surface area contributed by atoms with Crippen molar-refractivity contribution in [2.75, 3.05) is 39.3 Å². The van der Waals surface area contributed by atoms with Crippen molar-refractivity contribution >= 4 is 42.3 Å². The number of rotatable bonds is 23. The quantitative estimate of drug-likeness (QED) is 0.0730. The molecule has 0 heterocycles. The summed E-state index contributed by atoms with van der Waals surface area (Å²) in [5.74, 6) is -1.13. The zero-order chi connectivity index (χ0) is 29.7. The Morgan fingerprint density at radius 2 is 1.26 bits per heavy atom. The molecule has 0 fully saturated rings. The van der Waals surface area contributed by atoms with Crippen molar-refractivity contribution in [3.05, 3.63) is 0 Å². The molecule has 0 saturated heterocycles. The van der Waals surface area contributed by atoms with E-state index >= 15 is 0 Å². The third-order valence-corrected chi connectivity index (χ3v) is 23.6. The predicted molar refractivity (Wildman–Crippen MR) is 172 cm³/mol. The highest BCUT2D eigenvalue weighted by Crippen LogP contribution is 2.30. The van der Waals surface area contributed by atoms with E-state index in [-0.39, 0.29) is 0 Å². The van der Waals surface area contributed by atoms with Crippen molar-refractivity contribution in [1.82, 2.24) is 10.6 Å². The average molecular weight is 630 g/mol. The van der Waals surface area contributed by atoms with Crippen molar-refractivity contribution in [3.8, 4) is 0 Å². The number of aliphatic hydroxyl groups is 1. The minimum atomic E-state index is -2.62. The van der Waals surface area contributed by atoms with Crippen LogP contribution in [-0.4, -0.2) is 92.5 Å². The van der Waals surface area contributed by atoms with Gasteiger partial charge in [0.15, 0.2) is 22.4 Å². The third-order valence-electron chi connectivity index (χ3n) is 5.39. The molecule has 0 rings (SSSR count). The largest absolute Gasteiger partial charge is 0.437 e. The molecule has 3 unspecified atom stereocenters. The van der Waals surface area contributed by atoms with Crippen LogP contribution >= 0.6 is 0 Å². The second-order valence-electron chi connectivity index (χ2n) is 13.2. The van der Waals surface area contributed by atoms with Gasteiger partial charge in [0.2, 0.25) is 0 Å². The van der Waals surface area contributed by atoms with Crippen LogP contribution in [-0.2, 0) is 21.2 Å². The van der Waals surface area contributed by atoms with Crippen LogP contribution in [0.15, 0.2) is 0 Å². The lowest BCUT2D eigenvalue weighted by molar-refractivity contribution is -0.186. The van der Waals surface area contributed by atoms with Crippen molar-refractivity contribution in [2.45, 2.75) is 116 Å². The molecule has 0 amide bonds. The SMILES string of the molecule is CCCCOC(C)(O)CNCCNCCC[Si](C)(O[Si](C)(C)O[Si](C)(C)C)O[Si](C)(CCN)O[Si](C)(C)C. The molecular weight excluding hydrogens is 567 g/mol. The maximum absolute atomic E-state index is 10.3. The summed E-state index contributed by atoms with van der Waals surface area (Å²) in [4.78, 5) is 0. The Kier molecular flexibility index (Phi) is 17.3. The molecule has 230 valence electrons. The normalized spacial score (nSPS) is 18.2. The van der Waals surface area contributed by atoms with Gasteiger partial charge in [0, 0.05) is 25.7 Å². The van der Waals surface area contributed by atoms with Gasteiger partial charge in [0.1, 0.15) is 0 Å². The summed E-state index contributed by atoms with van der Waals surface area (Å²) in [6.07, 6.45) is 2.95. The van der Waals surface area contributed by atoms with E-state index in [1.54, 1.807) is 6.92 Å². The standard InChI is InChI=1S/C24H63N3O6Si5/c1-13-14-20-29-24(2,28)23-27-19-18-26-17-15-21-37(11,32-36(9,10)30-34(3,4)5)33-38(12,22-16-25)31-35(6,7)8/h26-28H,13-23,25H2,1-12H3. The summed E-state index contributed by atoms with van der Waals surface area (Å²) in [5.41, 5.74) is 6.01. The van der Waals surface area contributed by atoms with E-state index in [1.165, 1.54) is 0 Å². The minimum absolute atomic E-state index is 0.406. The highest BCUT2D eigenvalue weighted by molar-refractivity contribution is 6.90. The van der Waals surface area contributed by atoms with Gasteiger partial charge in [-0.3, -0.25) is 0 Å². The molecule has 9 nitrogen and oxygen atoms in total. The fourth-order valence-electron chi connectivity index (χ4n) is 4.53. The molecule has 0 bridgehead atoms. The van der Waals surface area contributed by atoms with E-state index in [4.69, 9.17) is 26.9 Å². The number of ether oxygens (including phenoxy) is 1. The van der Waals surface area contributed by atoms with Gasteiger partial charge in [-0.05, 0) is 104 Å². The first-order chi connectivity index (χ1) is 17.2. The van der Waals surface area contributed by atoms with Gasteiger partial charge in [-0.15, -0.1) is 0 Å². The topological polar surface area (TPSA) is 116 Å². The number of unbranched alkanes of at least 4 members (excludes halogenated alkanes) is 1. The van der Waals surface area contributed by atoms with Crippen molar-refractivity contribution in [2.24, 2.45) is 5.73 Å². The summed E-state index contributed by atoms with van der Waals surface area (Å²) in [6, 6.07) is 1.62. The van der Waals surface area contributed by atoms with E-state index < -0.39 is 48.1 Å². The first kappa shape index (κ1) is 38.7. The van der Waals surface area contributed by atoms with Crippen LogP contribution in [0.3, 0.4) is 0 Å². The zero-order valence-corrected chi connectivity index (χ0v) is 31.8. The highest BCUT2D eigenvalue weighted by atomic mass is 28.5. The molecule has 0 radical (unpaired) electrons.